The highest BCUT2D eigenvalue weighted by Crippen LogP contribution is 2.34. The van der Waals surface area contributed by atoms with E-state index < -0.39 is 10.7 Å². The zero-order chi connectivity index (χ0) is 13.1. The number of nitrogens with zero attached hydrogens (tertiary/aromatic N) is 1. The number of rotatable bonds is 4. The fourth-order valence-electron chi connectivity index (χ4n) is 2.32. The molecule has 2 atom stereocenters. The van der Waals surface area contributed by atoms with Crippen LogP contribution in [-0.2, 0) is 0 Å². The van der Waals surface area contributed by atoms with Crippen LogP contribution in [0.3, 0.4) is 0 Å². The Balaban J connectivity index is 2.22. The predicted molar refractivity (Wildman–Crippen MR) is 63.9 cm³/mol. The summed E-state index contributed by atoms with van der Waals surface area (Å²) in [7, 11) is 0. The van der Waals surface area contributed by atoms with Crippen molar-refractivity contribution in [3.8, 4) is 5.75 Å². The SMILES string of the molecule is NCC1CCCC1Oc1cc(F)ccc1[N+](=O)[O-]. The van der Waals surface area contributed by atoms with Gasteiger partial charge in [0.15, 0.2) is 5.75 Å². The Morgan fingerprint density at radius 1 is 1.50 bits per heavy atom. The van der Waals surface area contributed by atoms with Gasteiger partial charge in [0.1, 0.15) is 11.9 Å². The number of halogens is 1. The van der Waals surface area contributed by atoms with Gasteiger partial charge in [0.25, 0.3) is 0 Å². The molecule has 98 valence electrons. The quantitative estimate of drug-likeness (QED) is 0.660. The third-order valence-electron chi connectivity index (χ3n) is 3.29. The number of nitrogens with two attached hydrogens (primary N) is 1. The molecule has 2 N–H and O–H groups in total. The first-order valence-electron chi connectivity index (χ1n) is 5.92. The van der Waals surface area contributed by atoms with Crippen LogP contribution in [0.15, 0.2) is 18.2 Å². The topological polar surface area (TPSA) is 78.4 Å². The van der Waals surface area contributed by atoms with Gasteiger partial charge in [-0.15, -0.1) is 0 Å². The molecule has 1 aromatic rings. The van der Waals surface area contributed by atoms with Gasteiger partial charge in [-0.25, -0.2) is 4.39 Å². The van der Waals surface area contributed by atoms with E-state index in [1.54, 1.807) is 0 Å². The first-order valence-corrected chi connectivity index (χ1v) is 5.92. The second-order valence-electron chi connectivity index (χ2n) is 4.45. The molecule has 1 saturated carbocycles. The number of nitro benzene ring substituents is 1. The van der Waals surface area contributed by atoms with Crippen LogP contribution in [0, 0.1) is 21.8 Å². The van der Waals surface area contributed by atoms with Crippen molar-refractivity contribution in [2.24, 2.45) is 11.7 Å². The van der Waals surface area contributed by atoms with E-state index in [-0.39, 0.29) is 23.5 Å². The summed E-state index contributed by atoms with van der Waals surface area (Å²) in [5.74, 6) is -0.365. The summed E-state index contributed by atoms with van der Waals surface area (Å²) in [6, 6.07) is 3.24. The normalized spacial score (nSPS) is 23.0. The number of benzene rings is 1. The van der Waals surface area contributed by atoms with Crippen molar-refractivity contribution in [3.63, 3.8) is 0 Å². The lowest BCUT2D eigenvalue weighted by molar-refractivity contribution is -0.386. The predicted octanol–water partition coefficient (Wildman–Crippen LogP) is 2.24. The molecule has 2 unspecified atom stereocenters. The van der Waals surface area contributed by atoms with Crippen molar-refractivity contribution in [3.05, 3.63) is 34.1 Å². The number of hydrogen-bond donors (Lipinski definition) is 1. The van der Waals surface area contributed by atoms with Crippen LogP contribution in [0.1, 0.15) is 19.3 Å². The zero-order valence-electron chi connectivity index (χ0n) is 9.84. The third kappa shape index (κ3) is 2.59. The second kappa shape index (κ2) is 5.30. The van der Waals surface area contributed by atoms with Crippen molar-refractivity contribution < 1.29 is 14.1 Å². The number of ether oxygens (including phenoxy) is 1. The van der Waals surface area contributed by atoms with E-state index in [1.165, 1.54) is 0 Å². The smallest absolute Gasteiger partial charge is 0.311 e. The number of nitro groups is 1. The highest BCUT2D eigenvalue weighted by atomic mass is 19.1. The van der Waals surface area contributed by atoms with Gasteiger partial charge in [-0.05, 0) is 31.9 Å². The molecule has 0 heterocycles. The highest BCUT2D eigenvalue weighted by molar-refractivity contribution is 5.46. The lowest BCUT2D eigenvalue weighted by Gasteiger charge is -2.19. The van der Waals surface area contributed by atoms with Crippen LogP contribution in [0.4, 0.5) is 10.1 Å². The molecule has 1 aromatic carbocycles. The minimum Gasteiger partial charge on any atom is -0.483 e. The molecule has 0 aromatic heterocycles. The van der Waals surface area contributed by atoms with Gasteiger partial charge in [0.2, 0.25) is 0 Å². The first kappa shape index (κ1) is 12.8. The molecule has 5 nitrogen and oxygen atoms in total. The Kier molecular flexibility index (Phi) is 3.76. The molecule has 1 aliphatic carbocycles. The van der Waals surface area contributed by atoms with E-state index in [0.717, 1.165) is 37.5 Å². The second-order valence-corrected chi connectivity index (χ2v) is 4.45. The standard InChI is InChI=1S/C12H15FN2O3/c13-9-4-5-10(15(16)17)12(6-9)18-11-3-1-2-8(11)7-14/h4-6,8,11H,1-3,7,14H2. The van der Waals surface area contributed by atoms with Gasteiger partial charge in [-0.1, -0.05) is 0 Å². The Bertz CT molecular complexity index is 453. The average Bonchev–Trinajstić information content (AvgIpc) is 2.76. The maximum Gasteiger partial charge on any atom is 0.311 e. The maximum atomic E-state index is 13.1. The van der Waals surface area contributed by atoms with E-state index in [2.05, 4.69) is 0 Å². The highest BCUT2D eigenvalue weighted by Gasteiger charge is 2.30. The van der Waals surface area contributed by atoms with Crippen molar-refractivity contribution >= 4 is 5.69 Å². The van der Waals surface area contributed by atoms with Crippen LogP contribution in [0.25, 0.3) is 0 Å². The molecule has 0 spiro atoms. The van der Waals surface area contributed by atoms with Crippen molar-refractivity contribution in [1.29, 1.82) is 0 Å². The monoisotopic (exact) mass is 254 g/mol. The van der Waals surface area contributed by atoms with E-state index in [9.17, 15) is 14.5 Å². The van der Waals surface area contributed by atoms with Crippen LogP contribution < -0.4 is 10.5 Å². The zero-order valence-corrected chi connectivity index (χ0v) is 9.84. The molecule has 1 aliphatic rings. The van der Waals surface area contributed by atoms with Crippen LogP contribution >= 0.6 is 0 Å². The average molecular weight is 254 g/mol. The van der Waals surface area contributed by atoms with Gasteiger partial charge in [0, 0.05) is 18.1 Å². The molecule has 6 heteroatoms. The van der Waals surface area contributed by atoms with E-state index in [4.69, 9.17) is 10.5 Å². The van der Waals surface area contributed by atoms with Gasteiger partial charge in [-0.2, -0.15) is 0 Å². The summed E-state index contributed by atoms with van der Waals surface area (Å²) in [5.41, 5.74) is 5.41. The molecular weight excluding hydrogens is 239 g/mol. The van der Waals surface area contributed by atoms with Gasteiger partial charge in [0.05, 0.1) is 4.92 Å². The summed E-state index contributed by atoms with van der Waals surface area (Å²) in [5, 5.41) is 10.8. The minimum absolute atomic E-state index is 0.00894. The van der Waals surface area contributed by atoms with E-state index in [1.807, 2.05) is 0 Å². The fraction of sp³-hybridized carbons (Fsp3) is 0.500. The lowest BCUT2D eigenvalue weighted by Crippen LogP contribution is -2.27. The van der Waals surface area contributed by atoms with Gasteiger partial charge in [-0.3, -0.25) is 10.1 Å². The van der Waals surface area contributed by atoms with Crippen molar-refractivity contribution in [1.82, 2.24) is 0 Å². The molecule has 2 rings (SSSR count). The molecule has 1 fully saturated rings. The third-order valence-corrected chi connectivity index (χ3v) is 3.29. The first-order chi connectivity index (χ1) is 8.61. The van der Waals surface area contributed by atoms with Crippen LogP contribution in [-0.4, -0.2) is 17.6 Å². The fourth-order valence-corrected chi connectivity index (χ4v) is 2.32. The number of hydrogen-bond acceptors (Lipinski definition) is 4. The van der Waals surface area contributed by atoms with E-state index in [0.29, 0.717) is 6.54 Å². The Morgan fingerprint density at radius 3 is 2.94 bits per heavy atom. The van der Waals surface area contributed by atoms with Crippen molar-refractivity contribution in [2.75, 3.05) is 6.54 Å². The van der Waals surface area contributed by atoms with Gasteiger partial charge >= 0.3 is 5.69 Å². The summed E-state index contributed by atoms with van der Waals surface area (Å²) in [6.07, 6.45) is 2.57. The summed E-state index contributed by atoms with van der Waals surface area (Å²) in [4.78, 5) is 10.3. The Labute approximate surface area is 104 Å². The molecule has 18 heavy (non-hydrogen) atoms. The van der Waals surface area contributed by atoms with Crippen LogP contribution in [0.5, 0.6) is 5.75 Å². The maximum absolute atomic E-state index is 13.1. The largest absolute Gasteiger partial charge is 0.483 e. The van der Waals surface area contributed by atoms with Gasteiger partial charge < -0.3 is 10.5 Å². The minimum atomic E-state index is -0.568. The van der Waals surface area contributed by atoms with Crippen LogP contribution in [0.2, 0.25) is 0 Å². The molecule has 0 bridgehead atoms. The molecule has 0 saturated heterocycles. The molecule has 0 amide bonds. The van der Waals surface area contributed by atoms with E-state index >= 15 is 0 Å². The summed E-state index contributed by atoms with van der Waals surface area (Å²) in [6.45, 7) is 0.480. The van der Waals surface area contributed by atoms with Crippen molar-refractivity contribution in [2.45, 2.75) is 25.4 Å². The Hall–Kier alpha value is -1.69. The molecular formula is C12H15FN2O3. The molecule has 0 radical (unpaired) electrons. The summed E-state index contributed by atoms with van der Waals surface area (Å²) < 4.78 is 18.7. The Morgan fingerprint density at radius 2 is 2.28 bits per heavy atom. The summed E-state index contributed by atoms with van der Waals surface area (Å²) >= 11 is 0. The molecule has 0 aliphatic heterocycles. The lowest BCUT2D eigenvalue weighted by atomic mass is 10.1.